The number of aromatic nitrogens is 2. The van der Waals surface area contributed by atoms with Crippen molar-refractivity contribution in [3.63, 3.8) is 0 Å². The van der Waals surface area contributed by atoms with Crippen LogP contribution in [0.3, 0.4) is 0 Å². The van der Waals surface area contributed by atoms with Gasteiger partial charge in [-0.1, -0.05) is 12.1 Å². The van der Waals surface area contributed by atoms with Gasteiger partial charge in [-0.3, -0.25) is 0 Å². The molecule has 4 heteroatoms. The molecule has 2 rings (SSSR count). The standard InChI is InChI=1S/C17H23N3O/c1-5-21-15-9-7-6-8-14(15)16-18-11-10-13(20-16)12-19-17(2,3)4/h6-11,19H,5,12H2,1-4H3. The van der Waals surface area contributed by atoms with Gasteiger partial charge >= 0.3 is 0 Å². The summed E-state index contributed by atoms with van der Waals surface area (Å²) in [6.07, 6.45) is 1.80. The van der Waals surface area contributed by atoms with E-state index in [4.69, 9.17) is 4.74 Å². The Labute approximate surface area is 126 Å². The molecule has 0 spiro atoms. The zero-order chi connectivity index (χ0) is 15.3. The molecule has 0 aliphatic heterocycles. The predicted octanol–water partition coefficient (Wildman–Crippen LogP) is 3.43. The lowest BCUT2D eigenvalue weighted by molar-refractivity contribution is 0.341. The van der Waals surface area contributed by atoms with Crippen molar-refractivity contribution >= 4 is 0 Å². The van der Waals surface area contributed by atoms with Gasteiger partial charge in [-0.2, -0.15) is 0 Å². The molecule has 1 aromatic heterocycles. The zero-order valence-corrected chi connectivity index (χ0v) is 13.2. The van der Waals surface area contributed by atoms with E-state index in [-0.39, 0.29) is 5.54 Å². The van der Waals surface area contributed by atoms with Gasteiger partial charge in [0.05, 0.1) is 17.9 Å². The average molecular weight is 285 g/mol. The van der Waals surface area contributed by atoms with Gasteiger partial charge in [0.1, 0.15) is 5.75 Å². The Morgan fingerprint density at radius 3 is 2.62 bits per heavy atom. The van der Waals surface area contributed by atoms with Crippen LogP contribution in [0.1, 0.15) is 33.4 Å². The van der Waals surface area contributed by atoms with E-state index < -0.39 is 0 Å². The second-order valence-electron chi connectivity index (χ2n) is 5.90. The molecule has 0 radical (unpaired) electrons. The van der Waals surface area contributed by atoms with E-state index in [1.807, 2.05) is 37.3 Å². The van der Waals surface area contributed by atoms with E-state index in [1.54, 1.807) is 6.20 Å². The summed E-state index contributed by atoms with van der Waals surface area (Å²) in [5.41, 5.74) is 1.96. The lowest BCUT2D eigenvalue weighted by Crippen LogP contribution is -2.35. The Morgan fingerprint density at radius 2 is 1.90 bits per heavy atom. The van der Waals surface area contributed by atoms with Crippen LogP contribution in [0.2, 0.25) is 0 Å². The number of para-hydroxylation sites is 1. The number of rotatable bonds is 5. The van der Waals surface area contributed by atoms with E-state index in [1.165, 1.54) is 0 Å². The van der Waals surface area contributed by atoms with Crippen LogP contribution < -0.4 is 10.1 Å². The van der Waals surface area contributed by atoms with E-state index >= 15 is 0 Å². The number of hydrogen-bond acceptors (Lipinski definition) is 4. The fourth-order valence-corrected chi connectivity index (χ4v) is 1.91. The summed E-state index contributed by atoms with van der Waals surface area (Å²) < 4.78 is 5.65. The van der Waals surface area contributed by atoms with Gasteiger partial charge in [0, 0.05) is 18.3 Å². The van der Waals surface area contributed by atoms with Crippen LogP contribution in [-0.2, 0) is 6.54 Å². The third-order valence-corrected chi connectivity index (χ3v) is 2.94. The second kappa shape index (κ2) is 6.68. The molecule has 0 aliphatic rings. The maximum atomic E-state index is 5.65. The first-order chi connectivity index (χ1) is 9.99. The summed E-state index contributed by atoms with van der Waals surface area (Å²) in [5, 5.41) is 3.44. The minimum Gasteiger partial charge on any atom is -0.493 e. The van der Waals surface area contributed by atoms with Gasteiger partial charge in [0.25, 0.3) is 0 Å². The molecule has 112 valence electrons. The summed E-state index contributed by atoms with van der Waals surface area (Å²) in [6.45, 7) is 9.73. The lowest BCUT2D eigenvalue weighted by Gasteiger charge is -2.20. The minimum atomic E-state index is 0.0638. The Balaban J connectivity index is 2.25. The quantitative estimate of drug-likeness (QED) is 0.914. The van der Waals surface area contributed by atoms with Gasteiger partial charge in [-0.15, -0.1) is 0 Å². The monoisotopic (exact) mass is 285 g/mol. The summed E-state index contributed by atoms with van der Waals surface area (Å²) >= 11 is 0. The number of nitrogens with one attached hydrogen (secondary N) is 1. The Hall–Kier alpha value is -1.94. The maximum Gasteiger partial charge on any atom is 0.163 e. The summed E-state index contributed by atoms with van der Waals surface area (Å²) in [4.78, 5) is 9.01. The second-order valence-corrected chi connectivity index (χ2v) is 5.90. The highest BCUT2D eigenvalue weighted by molar-refractivity contribution is 5.63. The van der Waals surface area contributed by atoms with Gasteiger partial charge in [0.15, 0.2) is 5.82 Å². The molecule has 0 fully saturated rings. The van der Waals surface area contributed by atoms with Crippen LogP contribution in [0.5, 0.6) is 5.75 Å². The Bertz CT molecular complexity index is 591. The van der Waals surface area contributed by atoms with Crippen LogP contribution in [-0.4, -0.2) is 22.1 Å². The van der Waals surface area contributed by atoms with Crippen molar-refractivity contribution in [2.45, 2.75) is 39.8 Å². The van der Waals surface area contributed by atoms with Gasteiger partial charge in [-0.25, -0.2) is 9.97 Å². The average Bonchev–Trinajstić information content (AvgIpc) is 2.46. The number of benzene rings is 1. The van der Waals surface area contributed by atoms with Crippen molar-refractivity contribution in [3.05, 3.63) is 42.2 Å². The highest BCUT2D eigenvalue weighted by Crippen LogP contribution is 2.26. The molecule has 21 heavy (non-hydrogen) atoms. The highest BCUT2D eigenvalue weighted by atomic mass is 16.5. The fraction of sp³-hybridized carbons (Fsp3) is 0.412. The molecule has 4 nitrogen and oxygen atoms in total. The third kappa shape index (κ3) is 4.53. The van der Waals surface area contributed by atoms with E-state index in [9.17, 15) is 0 Å². The van der Waals surface area contributed by atoms with Crippen LogP contribution in [0.4, 0.5) is 0 Å². The maximum absolute atomic E-state index is 5.65. The molecule has 0 bridgehead atoms. The largest absolute Gasteiger partial charge is 0.493 e. The molecular weight excluding hydrogens is 262 g/mol. The molecule has 0 unspecified atom stereocenters. The highest BCUT2D eigenvalue weighted by Gasteiger charge is 2.11. The van der Waals surface area contributed by atoms with E-state index in [2.05, 4.69) is 36.1 Å². The molecule has 0 saturated heterocycles. The normalized spacial score (nSPS) is 11.4. The molecule has 0 saturated carbocycles. The molecule has 0 atom stereocenters. The molecule has 1 heterocycles. The number of hydrogen-bond donors (Lipinski definition) is 1. The number of ether oxygens (including phenoxy) is 1. The first-order valence-corrected chi connectivity index (χ1v) is 7.29. The van der Waals surface area contributed by atoms with Crippen molar-refractivity contribution in [3.8, 4) is 17.1 Å². The molecule has 0 amide bonds. The molecule has 0 aliphatic carbocycles. The minimum absolute atomic E-state index is 0.0638. The fourth-order valence-electron chi connectivity index (χ4n) is 1.91. The summed E-state index contributed by atoms with van der Waals surface area (Å²) in [6, 6.07) is 9.80. The first kappa shape index (κ1) is 15.4. The lowest BCUT2D eigenvalue weighted by atomic mass is 10.1. The van der Waals surface area contributed by atoms with Crippen molar-refractivity contribution in [1.82, 2.24) is 15.3 Å². The first-order valence-electron chi connectivity index (χ1n) is 7.29. The molecular formula is C17H23N3O. The van der Waals surface area contributed by atoms with Gasteiger partial charge in [0.2, 0.25) is 0 Å². The summed E-state index contributed by atoms with van der Waals surface area (Å²) in [7, 11) is 0. The predicted molar refractivity (Wildman–Crippen MR) is 85.2 cm³/mol. The van der Waals surface area contributed by atoms with Crippen molar-refractivity contribution < 1.29 is 4.74 Å². The van der Waals surface area contributed by atoms with Crippen molar-refractivity contribution in [1.29, 1.82) is 0 Å². The summed E-state index contributed by atoms with van der Waals surface area (Å²) in [5.74, 6) is 1.52. The van der Waals surface area contributed by atoms with E-state index in [0.29, 0.717) is 12.4 Å². The Morgan fingerprint density at radius 1 is 1.14 bits per heavy atom. The van der Waals surface area contributed by atoms with Crippen LogP contribution in [0, 0.1) is 0 Å². The zero-order valence-electron chi connectivity index (χ0n) is 13.2. The van der Waals surface area contributed by atoms with Crippen LogP contribution in [0.25, 0.3) is 11.4 Å². The third-order valence-electron chi connectivity index (χ3n) is 2.94. The van der Waals surface area contributed by atoms with Crippen LogP contribution in [0.15, 0.2) is 36.5 Å². The Kier molecular flexibility index (Phi) is 4.91. The van der Waals surface area contributed by atoms with Crippen molar-refractivity contribution in [2.24, 2.45) is 0 Å². The smallest absolute Gasteiger partial charge is 0.163 e. The van der Waals surface area contributed by atoms with E-state index in [0.717, 1.165) is 23.6 Å². The van der Waals surface area contributed by atoms with Crippen LogP contribution >= 0.6 is 0 Å². The van der Waals surface area contributed by atoms with Crippen molar-refractivity contribution in [2.75, 3.05) is 6.61 Å². The molecule has 2 aromatic rings. The topological polar surface area (TPSA) is 47.0 Å². The SMILES string of the molecule is CCOc1ccccc1-c1nccc(CNC(C)(C)C)n1. The number of nitrogens with zero attached hydrogens (tertiary/aromatic N) is 2. The molecule has 1 N–H and O–H groups in total. The van der Waals surface area contributed by atoms with Gasteiger partial charge < -0.3 is 10.1 Å². The van der Waals surface area contributed by atoms with Gasteiger partial charge in [-0.05, 0) is 45.9 Å². The molecule has 1 aromatic carbocycles.